The highest BCUT2D eigenvalue weighted by Crippen LogP contribution is 2.52. The maximum absolute atomic E-state index is 13.3. The van der Waals surface area contributed by atoms with E-state index in [1.807, 2.05) is 4.90 Å². The first-order valence-corrected chi connectivity index (χ1v) is 8.45. The number of hydrogen-bond acceptors (Lipinski definition) is 4. The van der Waals surface area contributed by atoms with Gasteiger partial charge in [0.05, 0.1) is 4.92 Å². The fourth-order valence-electron chi connectivity index (χ4n) is 4.73. The average molecular weight is 350 g/mol. The van der Waals surface area contributed by atoms with Crippen LogP contribution in [0, 0.1) is 26.8 Å². The summed E-state index contributed by atoms with van der Waals surface area (Å²) < 4.78 is 18.7. The third-order valence-electron chi connectivity index (χ3n) is 5.20. The Morgan fingerprint density at radius 1 is 1.40 bits per heavy atom. The van der Waals surface area contributed by atoms with Crippen LogP contribution in [0.4, 0.5) is 10.1 Å². The van der Waals surface area contributed by atoms with E-state index < -0.39 is 10.7 Å². The van der Waals surface area contributed by atoms with Crippen molar-refractivity contribution in [3.05, 3.63) is 34.1 Å². The molecule has 25 heavy (non-hydrogen) atoms. The van der Waals surface area contributed by atoms with Crippen LogP contribution in [0.2, 0.25) is 0 Å². The number of fused-ring (bicyclic) bond motifs is 2. The summed E-state index contributed by atoms with van der Waals surface area (Å²) in [6.07, 6.45) is 2.98. The number of nitro benzene ring substituents is 1. The lowest BCUT2D eigenvalue weighted by Crippen LogP contribution is -2.40. The summed E-state index contributed by atoms with van der Waals surface area (Å²) in [6, 6.07) is 3.16. The van der Waals surface area contributed by atoms with Crippen molar-refractivity contribution in [1.82, 2.24) is 4.90 Å². The topological polar surface area (TPSA) is 72.7 Å². The molecule has 6 nitrogen and oxygen atoms in total. The molecule has 1 amide bonds. The maximum Gasteiger partial charge on any atom is 0.311 e. The standard InChI is InChI=1S/C18H23FN2O4/c1-17(2)7-13-8-18(3,10-17)11-20(13)16(22)9-25-15-6-12(19)4-5-14(15)21(23)24/h4-6,13H,7-11H2,1-3H3/t13-,18-/m1/s1. The van der Waals surface area contributed by atoms with Crippen LogP contribution in [0.15, 0.2) is 18.2 Å². The van der Waals surface area contributed by atoms with E-state index in [4.69, 9.17) is 4.74 Å². The number of benzene rings is 1. The molecule has 136 valence electrons. The molecule has 2 bridgehead atoms. The van der Waals surface area contributed by atoms with Crippen LogP contribution in [0.5, 0.6) is 5.75 Å². The molecule has 0 spiro atoms. The molecule has 2 aliphatic rings. The molecular weight excluding hydrogens is 327 g/mol. The van der Waals surface area contributed by atoms with Crippen LogP contribution in [-0.2, 0) is 4.79 Å². The summed E-state index contributed by atoms with van der Waals surface area (Å²) >= 11 is 0. The maximum atomic E-state index is 13.3. The van der Waals surface area contributed by atoms with Gasteiger partial charge in [-0.25, -0.2) is 4.39 Å². The molecule has 1 aliphatic heterocycles. The van der Waals surface area contributed by atoms with Crippen molar-refractivity contribution in [3.63, 3.8) is 0 Å². The van der Waals surface area contributed by atoms with Gasteiger partial charge in [0.2, 0.25) is 5.75 Å². The molecule has 0 unspecified atom stereocenters. The lowest BCUT2D eigenvalue weighted by molar-refractivity contribution is -0.385. The van der Waals surface area contributed by atoms with Crippen molar-refractivity contribution in [2.75, 3.05) is 13.2 Å². The average Bonchev–Trinajstić information content (AvgIpc) is 2.73. The number of halogens is 1. The molecule has 1 heterocycles. The summed E-state index contributed by atoms with van der Waals surface area (Å²) in [7, 11) is 0. The number of likely N-dealkylation sites (tertiary alicyclic amines) is 1. The van der Waals surface area contributed by atoms with E-state index in [0.717, 1.165) is 37.5 Å². The summed E-state index contributed by atoms with van der Waals surface area (Å²) in [5.74, 6) is -1.06. The van der Waals surface area contributed by atoms with Crippen LogP contribution in [0.1, 0.15) is 40.0 Å². The monoisotopic (exact) mass is 350 g/mol. The van der Waals surface area contributed by atoms with Crippen molar-refractivity contribution < 1.29 is 18.8 Å². The van der Waals surface area contributed by atoms with Crippen LogP contribution >= 0.6 is 0 Å². The minimum atomic E-state index is -0.647. The first kappa shape index (κ1) is 17.6. The van der Waals surface area contributed by atoms with E-state index in [2.05, 4.69) is 20.8 Å². The molecule has 2 fully saturated rings. The van der Waals surface area contributed by atoms with Gasteiger partial charge in [-0.3, -0.25) is 14.9 Å². The van der Waals surface area contributed by atoms with Gasteiger partial charge < -0.3 is 9.64 Å². The van der Waals surface area contributed by atoms with E-state index in [1.165, 1.54) is 0 Å². The number of carbonyl (C=O) groups is 1. The summed E-state index contributed by atoms with van der Waals surface area (Å²) in [5.41, 5.74) is -0.0515. The van der Waals surface area contributed by atoms with Gasteiger partial charge in [0, 0.05) is 24.7 Å². The lowest BCUT2D eigenvalue weighted by atomic mass is 9.65. The highest BCUT2D eigenvalue weighted by Gasteiger charge is 2.50. The van der Waals surface area contributed by atoms with E-state index in [-0.39, 0.29) is 40.8 Å². The largest absolute Gasteiger partial charge is 0.477 e. The highest BCUT2D eigenvalue weighted by atomic mass is 19.1. The number of hydrogen-bond donors (Lipinski definition) is 0. The van der Waals surface area contributed by atoms with Crippen LogP contribution in [-0.4, -0.2) is 34.9 Å². The lowest BCUT2D eigenvalue weighted by Gasteiger charge is -2.39. The Balaban J connectivity index is 1.70. The number of nitrogens with zero attached hydrogens (tertiary/aromatic N) is 2. The fourth-order valence-corrected chi connectivity index (χ4v) is 4.73. The first-order valence-electron chi connectivity index (χ1n) is 8.45. The number of nitro groups is 1. The van der Waals surface area contributed by atoms with Crippen molar-refractivity contribution in [2.24, 2.45) is 10.8 Å². The summed E-state index contributed by atoms with van der Waals surface area (Å²) in [5, 5.41) is 11.0. The number of rotatable bonds is 4. The van der Waals surface area contributed by atoms with Gasteiger partial charge in [0.1, 0.15) is 5.82 Å². The van der Waals surface area contributed by atoms with Gasteiger partial charge in [-0.05, 0) is 36.2 Å². The third-order valence-corrected chi connectivity index (χ3v) is 5.20. The van der Waals surface area contributed by atoms with E-state index >= 15 is 0 Å². The second kappa shape index (κ2) is 5.97. The number of carbonyl (C=O) groups excluding carboxylic acids is 1. The minimum Gasteiger partial charge on any atom is -0.477 e. The molecule has 0 radical (unpaired) electrons. The molecule has 0 aromatic heterocycles. The zero-order valence-corrected chi connectivity index (χ0v) is 14.8. The second-order valence-corrected chi connectivity index (χ2v) is 8.39. The molecule has 3 rings (SSSR count). The molecular formula is C18H23FN2O4. The number of amides is 1. The highest BCUT2D eigenvalue weighted by molar-refractivity contribution is 5.78. The Hall–Kier alpha value is -2.18. The Morgan fingerprint density at radius 2 is 2.12 bits per heavy atom. The normalized spacial score (nSPS) is 27.2. The van der Waals surface area contributed by atoms with Crippen molar-refractivity contribution in [1.29, 1.82) is 0 Å². The summed E-state index contributed by atoms with van der Waals surface area (Å²) in [4.78, 5) is 24.8. The van der Waals surface area contributed by atoms with Crippen molar-refractivity contribution in [2.45, 2.75) is 46.1 Å². The first-order chi connectivity index (χ1) is 11.6. The molecule has 7 heteroatoms. The third kappa shape index (κ3) is 3.60. The number of ether oxygens (including phenoxy) is 1. The fraction of sp³-hybridized carbons (Fsp3) is 0.611. The second-order valence-electron chi connectivity index (χ2n) is 8.39. The predicted molar refractivity (Wildman–Crippen MR) is 89.8 cm³/mol. The Labute approximate surface area is 146 Å². The van der Waals surface area contributed by atoms with Gasteiger partial charge in [-0.15, -0.1) is 0 Å². The zero-order valence-electron chi connectivity index (χ0n) is 14.8. The van der Waals surface area contributed by atoms with E-state index in [1.54, 1.807) is 0 Å². The molecule has 2 atom stereocenters. The molecule has 1 saturated carbocycles. The van der Waals surface area contributed by atoms with E-state index in [9.17, 15) is 19.3 Å². The smallest absolute Gasteiger partial charge is 0.311 e. The molecule has 1 saturated heterocycles. The molecule has 1 aromatic carbocycles. The van der Waals surface area contributed by atoms with Gasteiger partial charge in [0.25, 0.3) is 5.91 Å². The summed E-state index contributed by atoms with van der Waals surface area (Å²) in [6.45, 7) is 6.99. The Bertz CT molecular complexity index is 721. The predicted octanol–water partition coefficient (Wildman–Crippen LogP) is 3.54. The van der Waals surface area contributed by atoms with Crippen molar-refractivity contribution in [3.8, 4) is 5.75 Å². The van der Waals surface area contributed by atoms with Gasteiger partial charge in [0.15, 0.2) is 6.61 Å². The Kier molecular flexibility index (Phi) is 4.21. The van der Waals surface area contributed by atoms with Gasteiger partial charge in [-0.1, -0.05) is 20.8 Å². The van der Waals surface area contributed by atoms with Gasteiger partial charge in [-0.2, -0.15) is 0 Å². The van der Waals surface area contributed by atoms with Gasteiger partial charge >= 0.3 is 5.69 Å². The Morgan fingerprint density at radius 3 is 2.80 bits per heavy atom. The zero-order chi connectivity index (χ0) is 18.4. The SMILES string of the molecule is CC1(C)C[C@@H]2C[C@@](C)(CN2C(=O)COc2cc(F)ccc2[N+](=O)[O-])C1. The van der Waals surface area contributed by atoms with E-state index in [0.29, 0.717) is 6.54 Å². The van der Waals surface area contributed by atoms with Crippen LogP contribution in [0.3, 0.4) is 0 Å². The molecule has 1 aromatic rings. The molecule has 1 aliphatic carbocycles. The molecule has 0 N–H and O–H groups in total. The quantitative estimate of drug-likeness (QED) is 0.615. The van der Waals surface area contributed by atoms with Crippen LogP contribution in [0.25, 0.3) is 0 Å². The minimum absolute atomic E-state index is 0.104. The van der Waals surface area contributed by atoms with Crippen LogP contribution < -0.4 is 4.74 Å². The van der Waals surface area contributed by atoms with Crippen molar-refractivity contribution >= 4 is 11.6 Å².